The molecule has 0 spiro atoms. The molecule has 0 fully saturated rings. The average molecular weight is 282 g/mol. The predicted molar refractivity (Wildman–Crippen MR) is 82.7 cm³/mol. The topological polar surface area (TPSA) is 47.3 Å². The van der Waals surface area contributed by atoms with Crippen LogP contribution in [0.1, 0.15) is 12.5 Å². The number of ether oxygens (including phenoxy) is 1. The quantitative estimate of drug-likeness (QED) is 0.780. The molecule has 1 aromatic carbocycles. The maximum absolute atomic E-state index is 10.2. The zero-order valence-electron chi connectivity index (χ0n) is 12.0. The highest BCUT2D eigenvalue weighted by Crippen LogP contribution is 2.26. The summed E-state index contributed by atoms with van der Waals surface area (Å²) in [7, 11) is 0. The van der Waals surface area contributed by atoms with E-state index in [4.69, 9.17) is 4.74 Å². The predicted octanol–water partition coefficient (Wildman–Crippen LogP) is 3.38. The van der Waals surface area contributed by atoms with E-state index >= 15 is 0 Å². The number of nitrogens with zero attached hydrogens (tertiary/aromatic N) is 2. The van der Waals surface area contributed by atoms with Gasteiger partial charge in [0, 0.05) is 18.9 Å². The molecule has 2 heterocycles. The van der Waals surface area contributed by atoms with E-state index in [2.05, 4.69) is 11.1 Å². The van der Waals surface area contributed by atoms with Gasteiger partial charge in [0.1, 0.15) is 5.75 Å². The number of aromatic nitrogens is 2. The number of hydrogen-bond acceptors (Lipinski definition) is 3. The molecular formula is C17H18N2O2. The molecule has 3 aromatic rings. The summed E-state index contributed by atoms with van der Waals surface area (Å²) in [6, 6.07) is 11.7. The van der Waals surface area contributed by atoms with Gasteiger partial charge in [-0.15, -0.1) is 0 Å². The van der Waals surface area contributed by atoms with E-state index in [1.54, 1.807) is 6.20 Å². The summed E-state index contributed by atoms with van der Waals surface area (Å²) in [6.07, 6.45) is 4.41. The summed E-state index contributed by atoms with van der Waals surface area (Å²) in [4.78, 5) is 4.26. The monoisotopic (exact) mass is 282 g/mol. The highest BCUT2D eigenvalue weighted by Gasteiger charge is 2.09. The van der Waals surface area contributed by atoms with Crippen LogP contribution >= 0.6 is 0 Å². The fourth-order valence-corrected chi connectivity index (χ4v) is 2.49. The van der Waals surface area contributed by atoms with Crippen LogP contribution in [0.4, 0.5) is 0 Å². The molecule has 0 saturated carbocycles. The minimum absolute atomic E-state index is 0.270. The normalized spacial score (nSPS) is 10.9. The molecule has 108 valence electrons. The lowest BCUT2D eigenvalue weighted by Gasteiger charge is -2.10. The second-order valence-electron chi connectivity index (χ2n) is 4.87. The summed E-state index contributed by atoms with van der Waals surface area (Å²) in [5.41, 5.74) is 1.96. The van der Waals surface area contributed by atoms with Crippen molar-refractivity contribution in [1.29, 1.82) is 0 Å². The number of aryl methyl sites for hydroxylation is 2. The molecule has 0 unspecified atom stereocenters. The van der Waals surface area contributed by atoms with E-state index in [9.17, 15) is 5.11 Å². The number of pyridine rings is 1. The number of benzene rings is 1. The molecule has 0 bridgehead atoms. The third kappa shape index (κ3) is 2.70. The van der Waals surface area contributed by atoms with Crippen molar-refractivity contribution in [2.75, 3.05) is 6.61 Å². The maximum atomic E-state index is 10.2. The lowest BCUT2D eigenvalue weighted by atomic mass is 10.1. The summed E-state index contributed by atoms with van der Waals surface area (Å²) < 4.78 is 7.46. The number of fused-ring (bicyclic) bond motifs is 1. The fourth-order valence-electron chi connectivity index (χ4n) is 2.49. The van der Waals surface area contributed by atoms with Crippen LogP contribution in [0.5, 0.6) is 11.6 Å². The van der Waals surface area contributed by atoms with Crippen molar-refractivity contribution in [2.24, 2.45) is 0 Å². The van der Waals surface area contributed by atoms with Crippen LogP contribution in [0.15, 0.2) is 48.8 Å². The van der Waals surface area contributed by atoms with Crippen molar-refractivity contribution < 1.29 is 9.84 Å². The van der Waals surface area contributed by atoms with Gasteiger partial charge in [-0.3, -0.25) is 4.98 Å². The smallest absolute Gasteiger partial charge is 0.200 e. The Hall–Kier alpha value is -2.49. The highest BCUT2D eigenvalue weighted by atomic mass is 16.5. The molecule has 0 amide bonds. The van der Waals surface area contributed by atoms with E-state index in [-0.39, 0.29) is 5.88 Å². The van der Waals surface area contributed by atoms with E-state index in [1.807, 2.05) is 48.0 Å². The van der Waals surface area contributed by atoms with Crippen LogP contribution in [-0.2, 0) is 13.0 Å². The first-order valence-electron chi connectivity index (χ1n) is 7.13. The van der Waals surface area contributed by atoms with Gasteiger partial charge in [-0.2, -0.15) is 0 Å². The van der Waals surface area contributed by atoms with Gasteiger partial charge in [-0.25, -0.2) is 0 Å². The van der Waals surface area contributed by atoms with Crippen molar-refractivity contribution in [1.82, 2.24) is 9.55 Å². The highest BCUT2D eigenvalue weighted by molar-refractivity contribution is 5.84. The van der Waals surface area contributed by atoms with Crippen molar-refractivity contribution in [2.45, 2.75) is 19.9 Å². The van der Waals surface area contributed by atoms with E-state index in [0.717, 1.165) is 28.6 Å². The van der Waals surface area contributed by atoms with Crippen LogP contribution < -0.4 is 4.74 Å². The second kappa shape index (κ2) is 5.87. The molecule has 2 aromatic heterocycles. The van der Waals surface area contributed by atoms with Crippen LogP contribution in [-0.4, -0.2) is 21.3 Å². The molecule has 4 heteroatoms. The lowest BCUT2D eigenvalue weighted by Crippen LogP contribution is -2.02. The standard InChI is InChI=1S/C17H18N2O2/c1-2-21-16-8-4-3-6-13(16)9-11-19-12-15-14(17(19)20)7-5-10-18-15/h3-8,10,12,20H,2,9,11H2,1H3. The van der Waals surface area contributed by atoms with E-state index < -0.39 is 0 Å². The molecule has 0 saturated heterocycles. The lowest BCUT2D eigenvalue weighted by molar-refractivity contribution is 0.335. The number of rotatable bonds is 5. The first-order chi connectivity index (χ1) is 10.3. The minimum Gasteiger partial charge on any atom is -0.494 e. The average Bonchev–Trinajstić information content (AvgIpc) is 2.84. The molecule has 0 aliphatic rings. The van der Waals surface area contributed by atoms with Gasteiger partial charge in [0.25, 0.3) is 0 Å². The van der Waals surface area contributed by atoms with E-state index in [1.165, 1.54) is 0 Å². The molecule has 21 heavy (non-hydrogen) atoms. The molecule has 0 aliphatic carbocycles. The van der Waals surface area contributed by atoms with Gasteiger partial charge in [0.15, 0.2) is 0 Å². The zero-order valence-corrected chi connectivity index (χ0v) is 12.0. The summed E-state index contributed by atoms with van der Waals surface area (Å²) in [5.74, 6) is 1.18. The molecule has 0 radical (unpaired) electrons. The van der Waals surface area contributed by atoms with Gasteiger partial charge in [-0.1, -0.05) is 18.2 Å². The summed E-state index contributed by atoms with van der Waals surface area (Å²) in [6.45, 7) is 3.32. The third-order valence-electron chi connectivity index (χ3n) is 3.52. The molecule has 4 nitrogen and oxygen atoms in total. The Morgan fingerprint density at radius 2 is 2.05 bits per heavy atom. The molecule has 3 rings (SSSR count). The molecular weight excluding hydrogens is 264 g/mol. The van der Waals surface area contributed by atoms with Crippen molar-refractivity contribution in [3.05, 3.63) is 54.4 Å². The fraction of sp³-hybridized carbons (Fsp3) is 0.235. The van der Waals surface area contributed by atoms with Crippen molar-refractivity contribution >= 4 is 10.9 Å². The Labute approximate surface area is 123 Å². The van der Waals surface area contributed by atoms with Crippen LogP contribution in [0.2, 0.25) is 0 Å². The van der Waals surface area contributed by atoms with Gasteiger partial charge >= 0.3 is 0 Å². The Morgan fingerprint density at radius 1 is 1.19 bits per heavy atom. The van der Waals surface area contributed by atoms with Crippen LogP contribution in [0.25, 0.3) is 10.9 Å². The summed E-state index contributed by atoms with van der Waals surface area (Å²) >= 11 is 0. The van der Waals surface area contributed by atoms with Gasteiger partial charge in [-0.05, 0) is 37.1 Å². The molecule has 1 N–H and O–H groups in total. The Balaban J connectivity index is 1.82. The molecule has 0 atom stereocenters. The SMILES string of the molecule is CCOc1ccccc1CCn1cc2ncccc2c1O. The van der Waals surface area contributed by atoms with Gasteiger partial charge < -0.3 is 14.4 Å². The Bertz CT molecular complexity index is 749. The van der Waals surface area contributed by atoms with E-state index in [0.29, 0.717) is 13.2 Å². The number of para-hydroxylation sites is 1. The second-order valence-corrected chi connectivity index (χ2v) is 4.87. The Morgan fingerprint density at radius 3 is 2.86 bits per heavy atom. The summed E-state index contributed by atoms with van der Waals surface area (Å²) in [5, 5.41) is 11.0. The van der Waals surface area contributed by atoms with Crippen molar-refractivity contribution in [3.8, 4) is 11.6 Å². The van der Waals surface area contributed by atoms with Gasteiger partial charge in [0.05, 0.1) is 17.5 Å². The first kappa shape index (κ1) is 13.5. The van der Waals surface area contributed by atoms with Gasteiger partial charge in [0.2, 0.25) is 5.88 Å². The largest absolute Gasteiger partial charge is 0.494 e. The van der Waals surface area contributed by atoms with Crippen LogP contribution in [0, 0.1) is 0 Å². The maximum Gasteiger partial charge on any atom is 0.200 e. The first-order valence-corrected chi connectivity index (χ1v) is 7.13. The minimum atomic E-state index is 0.270. The zero-order chi connectivity index (χ0) is 14.7. The molecule has 0 aliphatic heterocycles. The number of hydrogen-bond donors (Lipinski definition) is 1. The van der Waals surface area contributed by atoms with Crippen molar-refractivity contribution in [3.63, 3.8) is 0 Å². The third-order valence-corrected chi connectivity index (χ3v) is 3.52. The Kier molecular flexibility index (Phi) is 3.77. The number of aromatic hydroxyl groups is 1. The van der Waals surface area contributed by atoms with Crippen LogP contribution in [0.3, 0.4) is 0 Å².